The summed E-state index contributed by atoms with van der Waals surface area (Å²) in [5.74, 6) is -0.0810. The van der Waals surface area contributed by atoms with Crippen molar-refractivity contribution in [2.24, 2.45) is 0 Å². The number of nitrogens with zero attached hydrogens (tertiary/aromatic N) is 3. The van der Waals surface area contributed by atoms with Gasteiger partial charge in [-0.15, -0.1) is 0 Å². The maximum Gasteiger partial charge on any atom is 0.273 e. The molecule has 0 saturated carbocycles. The maximum absolute atomic E-state index is 12.4. The number of hydrogen-bond acceptors (Lipinski definition) is 6. The van der Waals surface area contributed by atoms with Gasteiger partial charge < -0.3 is 15.8 Å². The van der Waals surface area contributed by atoms with Gasteiger partial charge in [-0.25, -0.2) is 9.97 Å². The van der Waals surface area contributed by atoms with Crippen LogP contribution in [0, 0.1) is 0 Å². The molecule has 0 radical (unpaired) electrons. The fraction of sp³-hybridized carbons (Fsp3) is 0.688. The molecule has 23 heavy (non-hydrogen) atoms. The lowest BCUT2D eigenvalue weighted by Gasteiger charge is -2.48. The molecule has 1 aromatic heterocycles. The molecule has 0 unspecified atom stereocenters. The molecule has 2 aliphatic heterocycles. The third-order valence-corrected chi connectivity index (χ3v) is 4.97. The minimum Gasteiger partial charge on any atom is -0.382 e. The Balaban J connectivity index is 1.69. The highest BCUT2D eigenvalue weighted by atomic mass is 16.5. The van der Waals surface area contributed by atoms with Gasteiger partial charge in [0.2, 0.25) is 0 Å². The third kappa shape index (κ3) is 3.61. The van der Waals surface area contributed by atoms with E-state index in [-0.39, 0.29) is 23.0 Å². The van der Waals surface area contributed by atoms with Crippen molar-refractivity contribution in [1.29, 1.82) is 0 Å². The van der Waals surface area contributed by atoms with E-state index in [1.807, 2.05) is 0 Å². The molecular formula is C16H25N5O2. The Labute approximate surface area is 136 Å². The molecule has 0 bridgehead atoms. The molecular weight excluding hydrogens is 294 g/mol. The molecule has 7 nitrogen and oxygen atoms in total. The number of likely N-dealkylation sites (tertiary alicyclic amines) is 1. The zero-order valence-corrected chi connectivity index (χ0v) is 13.5. The first-order valence-corrected chi connectivity index (χ1v) is 8.39. The zero-order valence-electron chi connectivity index (χ0n) is 13.5. The second-order valence-corrected chi connectivity index (χ2v) is 6.36. The highest BCUT2D eigenvalue weighted by molar-refractivity contribution is 5.96. The average Bonchev–Trinajstić information content (AvgIpc) is 2.62. The summed E-state index contributed by atoms with van der Waals surface area (Å²) in [6.45, 7) is 4.30. The van der Waals surface area contributed by atoms with Crippen LogP contribution in [0.5, 0.6) is 0 Å². The van der Waals surface area contributed by atoms with Crippen molar-refractivity contribution in [3.05, 3.63) is 18.1 Å². The van der Waals surface area contributed by atoms with Crippen LogP contribution in [0.1, 0.15) is 42.6 Å². The summed E-state index contributed by atoms with van der Waals surface area (Å²) in [5, 5.41) is 3.03. The zero-order chi connectivity index (χ0) is 16.1. The van der Waals surface area contributed by atoms with Gasteiger partial charge in [-0.2, -0.15) is 0 Å². The van der Waals surface area contributed by atoms with Crippen LogP contribution in [0.4, 0.5) is 5.82 Å². The molecule has 0 atom stereocenters. The third-order valence-electron chi connectivity index (χ3n) is 4.97. The van der Waals surface area contributed by atoms with Crippen LogP contribution in [-0.2, 0) is 4.74 Å². The lowest BCUT2D eigenvalue weighted by Crippen LogP contribution is -2.59. The van der Waals surface area contributed by atoms with Gasteiger partial charge in [0.25, 0.3) is 5.91 Å². The van der Waals surface area contributed by atoms with Gasteiger partial charge in [0.05, 0.1) is 0 Å². The number of nitrogen functional groups attached to an aromatic ring is 1. The first kappa shape index (κ1) is 16.1. The Kier molecular flexibility index (Phi) is 5.07. The molecule has 1 aromatic rings. The molecule has 0 aromatic carbocycles. The Morgan fingerprint density at radius 1 is 1.22 bits per heavy atom. The predicted molar refractivity (Wildman–Crippen MR) is 87.0 cm³/mol. The van der Waals surface area contributed by atoms with E-state index in [9.17, 15) is 4.79 Å². The van der Waals surface area contributed by atoms with E-state index >= 15 is 0 Å². The number of ether oxygens (including phenoxy) is 1. The molecule has 126 valence electrons. The number of anilines is 1. The van der Waals surface area contributed by atoms with Crippen LogP contribution in [0.2, 0.25) is 0 Å². The number of rotatable bonds is 4. The summed E-state index contributed by atoms with van der Waals surface area (Å²) in [5.41, 5.74) is 5.93. The van der Waals surface area contributed by atoms with Crippen molar-refractivity contribution in [1.82, 2.24) is 20.2 Å². The van der Waals surface area contributed by atoms with Crippen LogP contribution < -0.4 is 11.1 Å². The van der Waals surface area contributed by atoms with Crippen molar-refractivity contribution in [2.75, 3.05) is 38.6 Å². The molecule has 0 aliphatic carbocycles. The van der Waals surface area contributed by atoms with E-state index in [1.54, 1.807) is 0 Å². The van der Waals surface area contributed by atoms with Gasteiger partial charge in [-0.1, -0.05) is 6.42 Å². The van der Waals surface area contributed by atoms with Crippen LogP contribution in [-0.4, -0.2) is 59.2 Å². The topological polar surface area (TPSA) is 93.4 Å². The van der Waals surface area contributed by atoms with E-state index in [0.717, 1.165) is 39.1 Å². The standard InChI is InChI=1S/C16H25N5O2/c17-14-13(18-6-7-19-14)15(22)20-12-16(4-10-23-11-5-16)21-8-2-1-3-9-21/h6-7H,1-5,8-12H2,(H2,17,19)(H,20,22). The molecule has 2 fully saturated rings. The SMILES string of the molecule is Nc1nccnc1C(=O)NCC1(N2CCCCC2)CCOCC1. The minimum atomic E-state index is -0.251. The minimum absolute atomic E-state index is 0.00863. The van der Waals surface area contributed by atoms with Gasteiger partial charge in [-0.05, 0) is 38.8 Å². The Morgan fingerprint density at radius 3 is 2.61 bits per heavy atom. The largest absolute Gasteiger partial charge is 0.382 e. The number of nitrogens with two attached hydrogens (primary N) is 1. The highest BCUT2D eigenvalue weighted by Gasteiger charge is 2.39. The monoisotopic (exact) mass is 319 g/mol. The van der Waals surface area contributed by atoms with Crippen molar-refractivity contribution >= 4 is 11.7 Å². The number of amides is 1. The van der Waals surface area contributed by atoms with Gasteiger partial charge in [0.15, 0.2) is 11.5 Å². The molecule has 7 heteroatoms. The van der Waals surface area contributed by atoms with Gasteiger partial charge in [0, 0.05) is 37.7 Å². The summed E-state index contributed by atoms with van der Waals surface area (Å²) < 4.78 is 5.54. The molecule has 3 N–H and O–H groups in total. The van der Waals surface area contributed by atoms with Crippen molar-refractivity contribution < 1.29 is 9.53 Å². The van der Waals surface area contributed by atoms with E-state index in [2.05, 4.69) is 20.2 Å². The highest BCUT2D eigenvalue weighted by Crippen LogP contribution is 2.30. The van der Waals surface area contributed by atoms with Crippen LogP contribution in [0.15, 0.2) is 12.4 Å². The molecule has 0 spiro atoms. The molecule has 3 rings (SSSR count). The summed E-state index contributed by atoms with van der Waals surface area (Å²) in [7, 11) is 0. The smallest absolute Gasteiger partial charge is 0.273 e. The number of piperidine rings is 1. The van der Waals surface area contributed by atoms with Crippen LogP contribution >= 0.6 is 0 Å². The predicted octanol–water partition coefficient (Wildman–Crippen LogP) is 0.824. The van der Waals surface area contributed by atoms with E-state index < -0.39 is 0 Å². The van der Waals surface area contributed by atoms with Crippen LogP contribution in [0.25, 0.3) is 0 Å². The van der Waals surface area contributed by atoms with Gasteiger partial charge in [-0.3, -0.25) is 9.69 Å². The van der Waals surface area contributed by atoms with E-state index in [4.69, 9.17) is 10.5 Å². The fourth-order valence-corrected chi connectivity index (χ4v) is 3.58. The lowest BCUT2D eigenvalue weighted by molar-refractivity contribution is -0.0349. The number of aromatic nitrogens is 2. The second kappa shape index (κ2) is 7.23. The normalized spacial score (nSPS) is 21.7. The van der Waals surface area contributed by atoms with Gasteiger partial charge in [0.1, 0.15) is 0 Å². The Morgan fingerprint density at radius 2 is 1.91 bits per heavy atom. The van der Waals surface area contributed by atoms with E-state index in [1.165, 1.54) is 31.7 Å². The van der Waals surface area contributed by atoms with Crippen molar-refractivity contribution in [3.8, 4) is 0 Å². The number of hydrogen-bond donors (Lipinski definition) is 2. The average molecular weight is 319 g/mol. The quantitative estimate of drug-likeness (QED) is 0.853. The van der Waals surface area contributed by atoms with Crippen LogP contribution in [0.3, 0.4) is 0 Å². The summed E-state index contributed by atoms with van der Waals surface area (Å²) >= 11 is 0. The molecule has 2 saturated heterocycles. The lowest BCUT2D eigenvalue weighted by atomic mass is 9.86. The van der Waals surface area contributed by atoms with Crippen molar-refractivity contribution in [2.45, 2.75) is 37.6 Å². The number of nitrogens with one attached hydrogen (secondary N) is 1. The van der Waals surface area contributed by atoms with E-state index in [0.29, 0.717) is 6.54 Å². The first-order valence-electron chi connectivity index (χ1n) is 8.39. The molecule has 3 heterocycles. The Bertz CT molecular complexity index is 539. The second-order valence-electron chi connectivity index (χ2n) is 6.36. The van der Waals surface area contributed by atoms with Crippen molar-refractivity contribution in [3.63, 3.8) is 0 Å². The fourth-order valence-electron chi connectivity index (χ4n) is 3.58. The summed E-state index contributed by atoms with van der Waals surface area (Å²) in [6.07, 6.45) is 8.62. The summed E-state index contributed by atoms with van der Waals surface area (Å²) in [6, 6.07) is 0. The molecule has 2 aliphatic rings. The number of carbonyl (C=O) groups is 1. The maximum atomic E-state index is 12.4. The van der Waals surface area contributed by atoms with Gasteiger partial charge >= 0.3 is 0 Å². The molecule has 1 amide bonds. The summed E-state index contributed by atoms with van der Waals surface area (Å²) in [4.78, 5) is 22.9. The first-order chi connectivity index (χ1) is 11.2. The Hall–Kier alpha value is -1.73. The number of carbonyl (C=O) groups excluding carboxylic acids is 1.